The van der Waals surface area contributed by atoms with Crippen LogP contribution in [0, 0.1) is 0 Å². The van der Waals surface area contributed by atoms with Crippen LogP contribution in [-0.4, -0.2) is 42.5 Å². The Bertz CT molecular complexity index is 254. The van der Waals surface area contributed by atoms with Gasteiger partial charge in [-0.2, -0.15) is 0 Å². The molecule has 0 aliphatic rings. The molecule has 5 N–H and O–H groups in total. The third-order valence-corrected chi connectivity index (χ3v) is 1.72. The first kappa shape index (κ1) is 13.4. The molecule has 0 bridgehead atoms. The molecule has 86 valence electrons. The Hall–Kier alpha value is -1.63. The van der Waals surface area contributed by atoms with Gasteiger partial charge in [0.25, 0.3) is 0 Å². The predicted octanol–water partition coefficient (Wildman–Crippen LogP) is -1.96. The van der Waals surface area contributed by atoms with E-state index in [0.29, 0.717) is 0 Å². The molecule has 0 saturated carbocycles. The van der Waals surface area contributed by atoms with E-state index in [1.165, 1.54) is 7.05 Å². The van der Waals surface area contributed by atoms with E-state index in [4.69, 9.17) is 10.8 Å². The van der Waals surface area contributed by atoms with Gasteiger partial charge in [0.1, 0.15) is 6.04 Å². The van der Waals surface area contributed by atoms with E-state index in [0.717, 1.165) is 0 Å². The molecule has 0 aromatic heterocycles. The van der Waals surface area contributed by atoms with Crippen molar-refractivity contribution in [2.45, 2.75) is 18.9 Å². The molecule has 0 aromatic carbocycles. The molecular weight excluding hydrogens is 202 g/mol. The molecule has 0 saturated heterocycles. The van der Waals surface area contributed by atoms with E-state index in [1.54, 1.807) is 0 Å². The van der Waals surface area contributed by atoms with Gasteiger partial charge in [0.15, 0.2) is 0 Å². The van der Waals surface area contributed by atoms with Gasteiger partial charge in [0.05, 0.1) is 6.54 Å². The molecule has 0 unspecified atom stereocenters. The number of hydrogen-bond donors (Lipinski definition) is 4. The lowest BCUT2D eigenvalue weighted by Crippen LogP contribution is -2.37. The minimum absolute atomic E-state index is 0.00946. The Morgan fingerprint density at radius 2 is 1.93 bits per heavy atom. The summed E-state index contributed by atoms with van der Waals surface area (Å²) < 4.78 is 0. The summed E-state index contributed by atoms with van der Waals surface area (Å²) in [6.45, 7) is -0.113. The van der Waals surface area contributed by atoms with Crippen molar-refractivity contribution in [3.8, 4) is 0 Å². The zero-order valence-corrected chi connectivity index (χ0v) is 8.45. The highest BCUT2D eigenvalue weighted by Gasteiger charge is 2.13. The lowest BCUT2D eigenvalue weighted by molar-refractivity contribution is -0.138. The molecule has 1 atom stereocenters. The Morgan fingerprint density at radius 3 is 2.40 bits per heavy atom. The highest BCUT2D eigenvalue weighted by atomic mass is 16.4. The van der Waals surface area contributed by atoms with Crippen molar-refractivity contribution in [1.29, 1.82) is 0 Å². The van der Waals surface area contributed by atoms with Crippen LogP contribution in [0.25, 0.3) is 0 Å². The average Bonchev–Trinajstić information content (AvgIpc) is 2.21. The van der Waals surface area contributed by atoms with Crippen molar-refractivity contribution in [2.24, 2.45) is 5.73 Å². The number of rotatable bonds is 6. The summed E-state index contributed by atoms with van der Waals surface area (Å²) >= 11 is 0. The summed E-state index contributed by atoms with van der Waals surface area (Å²) in [6, 6.07) is -1.05. The van der Waals surface area contributed by atoms with Gasteiger partial charge in [-0.15, -0.1) is 0 Å². The number of nitrogens with one attached hydrogen (secondary N) is 2. The maximum Gasteiger partial charge on any atom is 0.320 e. The first-order chi connectivity index (χ1) is 6.97. The van der Waals surface area contributed by atoms with Crippen LogP contribution in [0.3, 0.4) is 0 Å². The fraction of sp³-hybridized carbons (Fsp3) is 0.625. The Balaban J connectivity index is 3.66. The lowest BCUT2D eigenvalue weighted by atomic mass is 10.1. The summed E-state index contributed by atoms with van der Waals surface area (Å²) in [5.41, 5.74) is 5.19. The molecule has 0 aromatic rings. The van der Waals surface area contributed by atoms with Gasteiger partial charge in [0.2, 0.25) is 11.8 Å². The van der Waals surface area contributed by atoms with Gasteiger partial charge in [-0.05, 0) is 6.42 Å². The Labute approximate surface area is 87.0 Å². The number of carboxylic acids is 1. The Kier molecular flexibility index (Phi) is 6.03. The van der Waals surface area contributed by atoms with Gasteiger partial charge in [-0.1, -0.05) is 0 Å². The lowest BCUT2D eigenvalue weighted by Gasteiger charge is -2.06. The van der Waals surface area contributed by atoms with Crippen LogP contribution in [0.1, 0.15) is 12.8 Å². The van der Waals surface area contributed by atoms with Crippen LogP contribution in [0.5, 0.6) is 0 Å². The molecule has 0 radical (unpaired) electrons. The molecule has 7 heteroatoms. The van der Waals surface area contributed by atoms with Crippen molar-refractivity contribution in [3.63, 3.8) is 0 Å². The van der Waals surface area contributed by atoms with Crippen molar-refractivity contribution < 1.29 is 19.5 Å². The number of likely N-dealkylation sites (N-methyl/N-ethyl adjacent to an activating group) is 1. The molecular formula is C8H15N3O4. The standard InChI is InChI=1S/C8H15N3O4/c1-10-7(13)4-11-6(12)3-2-5(9)8(14)15/h5H,2-4,9H2,1H3,(H,10,13)(H,11,12)(H,14,15)/t5-/m0/s1. The SMILES string of the molecule is CNC(=O)CNC(=O)CC[C@H](N)C(=O)O. The monoisotopic (exact) mass is 217 g/mol. The van der Waals surface area contributed by atoms with Gasteiger partial charge in [0, 0.05) is 13.5 Å². The molecule has 0 fully saturated rings. The first-order valence-electron chi connectivity index (χ1n) is 4.43. The fourth-order valence-electron chi connectivity index (χ4n) is 0.766. The highest BCUT2D eigenvalue weighted by molar-refractivity contribution is 5.84. The number of aliphatic carboxylic acids is 1. The first-order valence-corrected chi connectivity index (χ1v) is 4.43. The number of hydrogen-bond acceptors (Lipinski definition) is 4. The predicted molar refractivity (Wildman–Crippen MR) is 51.9 cm³/mol. The van der Waals surface area contributed by atoms with Crippen molar-refractivity contribution in [2.75, 3.05) is 13.6 Å². The van der Waals surface area contributed by atoms with Crippen LogP contribution in [0.15, 0.2) is 0 Å². The number of amides is 2. The van der Waals surface area contributed by atoms with Gasteiger partial charge in [-0.25, -0.2) is 0 Å². The third kappa shape index (κ3) is 6.44. The average molecular weight is 217 g/mol. The number of carbonyl (C=O) groups excluding carboxylic acids is 2. The normalized spacial score (nSPS) is 11.6. The fourth-order valence-corrected chi connectivity index (χ4v) is 0.766. The minimum Gasteiger partial charge on any atom is -0.480 e. The van der Waals surface area contributed by atoms with Crippen LogP contribution in [0.2, 0.25) is 0 Å². The summed E-state index contributed by atoms with van der Waals surface area (Å²) in [7, 11) is 1.45. The maximum atomic E-state index is 11.1. The smallest absolute Gasteiger partial charge is 0.320 e. The van der Waals surface area contributed by atoms with Crippen LogP contribution in [0.4, 0.5) is 0 Å². The van der Waals surface area contributed by atoms with Crippen LogP contribution >= 0.6 is 0 Å². The Morgan fingerprint density at radius 1 is 1.33 bits per heavy atom. The van der Waals surface area contributed by atoms with Gasteiger partial charge >= 0.3 is 5.97 Å². The molecule has 0 aliphatic heterocycles. The summed E-state index contributed by atoms with van der Waals surface area (Å²) in [6.07, 6.45) is 0.0410. The highest BCUT2D eigenvalue weighted by Crippen LogP contribution is 1.94. The summed E-state index contributed by atoms with van der Waals surface area (Å²) in [5.74, 6) is -1.85. The molecule has 7 nitrogen and oxygen atoms in total. The molecule has 0 heterocycles. The van der Waals surface area contributed by atoms with Crippen LogP contribution < -0.4 is 16.4 Å². The largest absolute Gasteiger partial charge is 0.480 e. The summed E-state index contributed by atoms with van der Waals surface area (Å²) in [4.78, 5) is 32.1. The van der Waals surface area contributed by atoms with Crippen molar-refractivity contribution in [1.82, 2.24) is 10.6 Å². The van der Waals surface area contributed by atoms with E-state index in [2.05, 4.69) is 10.6 Å². The number of nitrogens with two attached hydrogens (primary N) is 1. The second kappa shape index (κ2) is 6.77. The topological polar surface area (TPSA) is 122 Å². The van der Waals surface area contributed by atoms with E-state index >= 15 is 0 Å². The van der Waals surface area contributed by atoms with Crippen molar-refractivity contribution in [3.05, 3.63) is 0 Å². The van der Waals surface area contributed by atoms with Gasteiger partial charge in [-0.3, -0.25) is 14.4 Å². The molecule has 0 spiro atoms. The third-order valence-electron chi connectivity index (χ3n) is 1.72. The van der Waals surface area contributed by atoms with E-state index in [1.807, 2.05) is 0 Å². The second-order valence-electron chi connectivity index (χ2n) is 2.93. The quantitative estimate of drug-likeness (QED) is 0.411. The van der Waals surface area contributed by atoms with E-state index in [-0.39, 0.29) is 25.3 Å². The minimum atomic E-state index is -1.14. The van der Waals surface area contributed by atoms with Gasteiger partial charge < -0.3 is 21.5 Å². The zero-order valence-electron chi connectivity index (χ0n) is 8.45. The molecule has 2 amide bonds. The summed E-state index contributed by atoms with van der Waals surface area (Å²) in [5, 5.41) is 13.1. The van der Waals surface area contributed by atoms with Crippen molar-refractivity contribution >= 4 is 17.8 Å². The van der Waals surface area contributed by atoms with Crippen LogP contribution in [-0.2, 0) is 14.4 Å². The van der Waals surface area contributed by atoms with E-state index < -0.39 is 17.9 Å². The molecule has 0 aliphatic carbocycles. The second-order valence-corrected chi connectivity index (χ2v) is 2.93. The molecule has 0 rings (SSSR count). The molecule has 15 heavy (non-hydrogen) atoms. The van der Waals surface area contributed by atoms with E-state index in [9.17, 15) is 14.4 Å². The maximum absolute atomic E-state index is 11.1. The number of carbonyl (C=O) groups is 3. The number of carboxylic acid groups (broad SMARTS) is 1. The zero-order chi connectivity index (χ0) is 11.8.